The van der Waals surface area contributed by atoms with Gasteiger partial charge >= 0.3 is 17.9 Å². The summed E-state index contributed by atoms with van der Waals surface area (Å²) in [5.41, 5.74) is 0. The molecule has 120 valence electrons. The minimum atomic E-state index is -3.95. The summed E-state index contributed by atoms with van der Waals surface area (Å²) in [6, 6.07) is 0. The van der Waals surface area contributed by atoms with E-state index in [1.807, 2.05) is 0 Å². The van der Waals surface area contributed by atoms with E-state index in [0.717, 1.165) is 0 Å². The van der Waals surface area contributed by atoms with Crippen molar-refractivity contribution in [1.29, 1.82) is 0 Å². The molecule has 0 spiro atoms. The summed E-state index contributed by atoms with van der Waals surface area (Å²) < 4.78 is 34.1. The van der Waals surface area contributed by atoms with Gasteiger partial charge in [0.05, 0.1) is 0 Å². The SMILES string of the molecule is CCO[Si](N=C=O)(N=C=O)O[Si](OCC)(OCC)OCC. The Kier molecular flexibility index (Phi) is 10.2. The Morgan fingerprint density at radius 1 is 0.762 bits per heavy atom. The summed E-state index contributed by atoms with van der Waals surface area (Å²) in [4.78, 5) is 21.2. The normalized spacial score (nSPS) is 13.9. The summed E-state index contributed by atoms with van der Waals surface area (Å²) in [5.74, 6) is 0. The van der Waals surface area contributed by atoms with Gasteiger partial charge in [-0.05, 0) is 27.7 Å². The predicted molar refractivity (Wildman–Crippen MR) is 75.3 cm³/mol. The summed E-state index contributed by atoms with van der Waals surface area (Å²) in [6.45, 7) is 7.61. The number of nitrogens with zero attached hydrogens (tertiary/aromatic N) is 2. The highest BCUT2D eigenvalue weighted by Gasteiger charge is 2.57. The van der Waals surface area contributed by atoms with Crippen LogP contribution in [0.15, 0.2) is 9.32 Å². The fourth-order valence-corrected chi connectivity index (χ4v) is 6.08. The Morgan fingerprint density at radius 3 is 1.43 bits per heavy atom. The van der Waals surface area contributed by atoms with Crippen LogP contribution in [0, 0.1) is 0 Å². The summed E-state index contributed by atoms with van der Waals surface area (Å²) >= 11 is 0. The topological polar surface area (TPSA) is 105 Å². The van der Waals surface area contributed by atoms with Crippen LogP contribution in [-0.2, 0) is 31.4 Å². The Balaban J connectivity index is 5.63. The minimum absolute atomic E-state index is 0.109. The Labute approximate surface area is 125 Å². The second-order valence-electron chi connectivity index (χ2n) is 3.29. The van der Waals surface area contributed by atoms with Gasteiger partial charge in [-0.25, -0.2) is 9.59 Å². The molecule has 0 fully saturated rings. The third kappa shape index (κ3) is 6.53. The standard InChI is InChI=1S/C10H20N2O7Si2/c1-5-15-20(11-9-13,12-10-14)19-21(16-6-2,17-7-3)18-8-4/h5-8H2,1-4H3. The number of isocyanates is 2. The van der Waals surface area contributed by atoms with Crippen molar-refractivity contribution < 1.29 is 31.4 Å². The molecule has 0 heterocycles. The van der Waals surface area contributed by atoms with E-state index in [4.69, 9.17) is 21.8 Å². The van der Waals surface area contributed by atoms with Crippen LogP contribution >= 0.6 is 0 Å². The van der Waals surface area contributed by atoms with Crippen molar-refractivity contribution in [2.24, 2.45) is 9.32 Å². The van der Waals surface area contributed by atoms with E-state index in [1.54, 1.807) is 27.7 Å². The highest BCUT2D eigenvalue weighted by Crippen LogP contribution is 2.21. The van der Waals surface area contributed by atoms with Crippen LogP contribution in [0.3, 0.4) is 0 Å². The van der Waals surface area contributed by atoms with Gasteiger partial charge in [-0.1, -0.05) is 0 Å². The first-order valence-corrected chi connectivity index (χ1v) is 9.85. The van der Waals surface area contributed by atoms with E-state index in [9.17, 15) is 9.59 Å². The summed E-state index contributed by atoms with van der Waals surface area (Å²) in [6.07, 6.45) is 2.59. The van der Waals surface area contributed by atoms with Gasteiger partial charge in [-0.15, -0.1) is 0 Å². The fourth-order valence-electron chi connectivity index (χ4n) is 1.37. The van der Waals surface area contributed by atoms with E-state index >= 15 is 0 Å². The quantitative estimate of drug-likeness (QED) is 0.293. The smallest absolute Gasteiger partial charge is 0.360 e. The van der Waals surface area contributed by atoms with Gasteiger partial charge < -0.3 is 21.8 Å². The van der Waals surface area contributed by atoms with Crippen molar-refractivity contribution in [2.45, 2.75) is 27.7 Å². The molecule has 9 nitrogen and oxygen atoms in total. The molecule has 0 bridgehead atoms. The van der Waals surface area contributed by atoms with Crippen LogP contribution in [-0.4, -0.2) is 56.5 Å². The molecule has 0 aliphatic carbocycles. The molecule has 0 aliphatic rings. The van der Waals surface area contributed by atoms with E-state index in [0.29, 0.717) is 0 Å². The average Bonchev–Trinajstić information content (AvgIpc) is 2.40. The highest BCUT2D eigenvalue weighted by atomic mass is 28.5. The second kappa shape index (κ2) is 10.7. The van der Waals surface area contributed by atoms with Gasteiger partial charge in [0.2, 0.25) is 12.2 Å². The second-order valence-corrected chi connectivity index (χ2v) is 7.80. The molecule has 0 atom stereocenters. The molecule has 0 aromatic carbocycles. The molecule has 11 heteroatoms. The maximum atomic E-state index is 10.6. The molecular weight excluding hydrogens is 316 g/mol. The third-order valence-electron chi connectivity index (χ3n) is 1.93. The van der Waals surface area contributed by atoms with E-state index < -0.39 is 17.9 Å². The van der Waals surface area contributed by atoms with Gasteiger partial charge in [0.15, 0.2) is 0 Å². The van der Waals surface area contributed by atoms with Gasteiger partial charge in [0.1, 0.15) is 0 Å². The number of rotatable bonds is 12. The van der Waals surface area contributed by atoms with Crippen molar-refractivity contribution in [3.63, 3.8) is 0 Å². The third-order valence-corrected chi connectivity index (χ3v) is 7.33. The molecule has 0 aromatic heterocycles. The summed E-state index contributed by atoms with van der Waals surface area (Å²) in [5, 5.41) is 0. The lowest BCUT2D eigenvalue weighted by molar-refractivity contribution is -0.00299. The minimum Gasteiger partial charge on any atom is -0.360 e. The zero-order valence-corrected chi connectivity index (χ0v) is 14.6. The average molecular weight is 336 g/mol. The predicted octanol–water partition coefficient (Wildman–Crippen LogP) is 0.692. The van der Waals surface area contributed by atoms with Crippen molar-refractivity contribution in [2.75, 3.05) is 26.4 Å². The maximum Gasteiger partial charge on any atom is 0.673 e. The van der Waals surface area contributed by atoms with E-state index in [2.05, 4.69) is 9.32 Å². The molecule has 0 aliphatic heterocycles. The van der Waals surface area contributed by atoms with Gasteiger partial charge in [-0.2, -0.15) is 9.32 Å². The lowest BCUT2D eigenvalue weighted by Crippen LogP contribution is -2.58. The van der Waals surface area contributed by atoms with Gasteiger partial charge in [0, 0.05) is 26.4 Å². The molecular formula is C10H20N2O7Si2. The molecule has 0 aromatic rings. The van der Waals surface area contributed by atoms with Crippen LogP contribution in [0.25, 0.3) is 0 Å². The lowest BCUT2D eigenvalue weighted by Gasteiger charge is -2.30. The first kappa shape index (κ1) is 20.0. The summed E-state index contributed by atoms with van der Waals surface area (Å²) in [7, 11) is -7.60. The first-order chi connectivity index (χ1) is 10.1. The van der Waals surface area contributed by atoms with Crippen LogP contribution in [0.5, 0.6) is 0 Å². The fraction of sp³-hybridized carbons (Fsp3) is 0.800. The molecule has 0 rings (SSSR count). The van der Waals surface area contributed by atoms with Crippen molar-refractivity contribution >= 4 is 30.1 Å². The molecule has 0 N–H and O–H groups in total. The molecule has 0 amide bonds. The van der Waals surface area contributed by atoms with E-state index in [1.165, 1.54) is 12.2 Å². The monoisotopic (exact) mass is 336 g/mol. The Hall–Kier alpha value is -1.01. The Morgan fingerprint density at radius 2 is 1.14 bits per heavy atom. The van der Waals surface area contributed by atoms with Crippen molar-refractivity contribution in [1.82, 2.24) is 0 Å². The lowest BCUT2D eigenvalue weighted by atomic mass is 10.9. The Bertz CT molecular complexity index is 362. The molecule has 0 saturated carbocycles. The molecule has 21 heavy (non-hydrogen) atoms. The number of hydrogen-bond acceptors (Lipinski definition) is 9. The van der Waals surface area contributed by atoms with Crippen LogP contribution in [0.2, 0.25) is 0 Å². The molecule has 0 saturated heterocycles. The molecule has 0 radical (unpaired) electrons. The van der Waals surface area contributed by atoms with Crippen LogP contribution < -0.4 is 0 Å². The zero-order valence-electron chi connectivity index (χ0n) is 12.6. The number of hydrogen-bond donors (Lipinski definition) is 0. The van der Waals surface area contributed by atoms with Gasteiger partial charge in [0.25, 0.3) is 0 Å². The first-order valence-electron chi connectivity index (χ1n) is 6.51. The number of carbonyl (C=O) groups excluding carboxylic acids is 2. The van der Waals surface area contributed by atoms with Crippen LogP contribution in [0.4, 0.5) is 0 Å². The van der Waals surface area contributed by atoms with Crippen molar-refractivity contribution in [3.8, 4) is 0 Å². The largest absolute Gasteiger partial charge is 0.673 e. The molecule has 0 unspecified atom stereocenters. The maximum absolute atomic E-state index is 10.6. The van der Waals surface area contributed by atoms with Crippen molar-refractivity contribution in [3.05, 3.63) is 0 Å². The van der Waals surface area contributed by atoms with Gasteiger partial charge in [-0.3, -0.25) is 0 Å². The van der Waals surface area contributed by atoms with E-state index in [-0.39, 0.29) is 26.4 Å². The van der Waals surface area contributed by atoms with Crippen LogP contribution in [0.1, 0.15) is 27.7 Å². The highest BCUT2D eigenvalue weighted by molar-refractivity contribution is 6.74. The zero-order chi connectivity index (χ0) is 16.2.